The van der Waals surface area contributed by atoms with Gasteiger partial charge in [0, 0.05) is 22.3 Å². The first-order valence-electron chi connectivity index (χ1n) is 8.63. The Hall–Kier alpha value is -2.75. The van der Waals surface area contributed by atoms with Gasteiger partial charge in [-0.05, 0) is 17.7 Å². The first-order chi connectivity index (χ1) is 13.7. The van der Waals surface area contributed by atoms with Gasteiger partial charge in [0.05, 0.1) is 25.3 Å². The number of hydrogen-bond acceptors (Lipinski definition) is 5. The summed E-state index contributed by atoms with van der Waals surface area (Å²) in [6, 6.07) is 7.07. The number of benzene rings is 2. The molecule has 0 aliphatic heterocycles. The third kappa shape index (κ3) is 2.77. The zero-order valence-corrected chi connectivity index (χ0v) is 14.7. The van der Waals surface area contributed by atoms with Gasteiger partial charge in [-0.25, -0.2) is 9.37 Å². The van der Waals surface area contributed by atoms with Gasteiger partial charge in [-0.15, -0.1) is 0 Å². The fraction of sp³-hybridized carbons (Fsp3) is 0.250. The van der Waals surface area contributed by atoms with E-state index in [-0.39, 0.29) is 28.3 Å². The molecular formula is C20H15F4NO4. The summed E-state index contributed by atoms with van der Waals surface area (Å²) in [5.74, 6) is -1.91. The van der Waals surface area contributed by atoms with Crippen LogP contribution in [0.2, 0.25) is 0 Å². The van der Waals surface area contributed by atoms with E-state index >= 15 is 0 Å². The van der Waals surface area contributed by atoms with Crippen LogP contribution in [0, 0.1) is 5.82 Å². The van der Waals surface area contributed by atoms with E-state index in [1.807, 2.05) is 0 Å². The molecule has 0 saturated heterocycles. The van der Waals surface area contributed by atoms with Gasteiger partial charge < -0.3 is 19.7 Å². The van der Waals surface area contributed by atoms with Gasteiger partial charge in [-0.1, -0.05) is 24.3 Å². The van der Waals surface area contributed by atoms with E-state index in [4.69, 9.17) is 4.42 Å². The summed E-state index contributed by atoms with van der Waals surface area (Å²) in [7, 11) is 0. The van der Waals surface area contributed by atoms with Gasteiger partial charge in [0.15, 0.2) is 5.76 Å². The Balaban J connectivity index is 2.00. The van der Waals surface area contributed by atoms with Crippen LogP contribution in [0.4, 0.5) is 17.6 Å². The second-order valence-electron chi connectivity index (χ2n) is 6.75. The first kappa shape index (κ1) is 19.6. The number of rotatable bonds is 4. The van der Waals surface area contributed by atoms with Crippen molar-refractivity contribution in [3.05, 3.63) is 65.4 Å². The van der Waals surface area contributed by atoms with Crippen LogP contribution in [0.25, 0.3) is 22.5 Å². The van der Waals surface area contributed by atoms with Crippen LogP contribution in [0.1, 0.15) is 22.9 Å². The molecule has 1 aliphatic rings. The molecule has 2 aromatic carbocycles. The first-order valence-corrected chi connectivity index (χ1v) is 8.63. The van der Waals surface area contributed by atoms with Crippen LogP contribution >= 0.6 is 0 Å². The lowest BCUT2D eigenvalue weighted by molar-refractivity contribution is -0.246. The second-order valence-corrected chi connectivity index (χ2v) is 6.75. The molecule has 1 unspecified atom stereocenters. The number of aliphatic hydroxyl groups is 3. The summed E-state index contributed by atoms with van der Waals surface area (Å²) in [6.07, 6.45) is -3.92. The average Bonchev–Trinajstić information content (AvgIpc) is 3.25. The predicted molar refractivity (Wildman–Crippen MR) is 93.3 cm³/mol. The zero-order chi connectivity index (χ0) is 21.0. The quantitative estimate of drug-likeness (QED) is 0.576. The summed E-state index contributed by atoms with van der Waals surface area (Å²) in [4.78, 5) is 3.94. The van der Waals surface area contributed by atoms with E-state index in [9.17, 15) is 32.9 Å². The molecule has 1 aromatic heterocycles. The second kappa shape index (κ2) is 6.65. The van der Waals surface area contributed by atoms with Crippen LogP contribution in [0.15, 0.2) is 47.0 Å². The summed E-state index contributed by atoms with van der Waals surface area (Å²) < 4.78 is 61.6. The highest BCUT2D eigenvalue weighted by Gasteiger charge is 2.61. The van der Waals surface area contributed by atoms with Gasteiger partial charge >= 0.3 is 6.18 Å². The lowest BCUT2D eigenvalue weighted by Crippen LogP contribution is -2.41. The number of halogens is 4. The van der Waals surface area contributed by atoms with Gasteiger partial charge in [0.1, 0.15) is 5.82 Å². The number of aromatic nitrogens is 1. The van der Waals surface area contributed by atoms with Crippen molar-refractivity contribution in [1.82, 2.24) is 4.98 Å². The average molecular weight is 409 g/mol. The number of fused-ring (bicyclic) bond motifs is 3. The molecule has 9 heteroatoms. The molecule has 0 amide bonds. The van der Waals surface area contributed by atoms with Crippen molar-refractivity contribution in [2.24, 2.45) is 0 Å². The lowest BCUT2D eigenvalue weighted by atomic mass is 9.90. The van der Waals surface area contributed by atoms with Crippen LogP contribution in [0.5, 0.6) is 0 Å². The highest BCUT2D eigenvalue weighted by Crippen LogP contribution is 2.57. The molecule has 0 spiro atoms. The van der Waals surface area contributed by atoms with Crippen molar-refractivity contribution >= 4 is 0 Å². The van der Waals surface area contributed by atoms with Crippen LogP contribution in [-0.4, -0.2) is 39.7 Å². The maximum atomic E-state index is 14.3. The molecule has 29 heavy (non-hydrogen) atoms. The number of hydrogen-bond donors (Lipinski definition) is 3. The molecule has 1 heterocycles. The highest BCUT2D eigenvalue weighted by molar-refractivity contribution is 5.91. The van der Waals surface area contributed by atoms with E-state index in [0.717, 1.165) is 12.1 Å². The van der Waals surface area contributed by atoms with Crippen molar-refractivity contribution in [2.75, 3.05) is 13.2 Å². The predicted octanol–water partition coefficient (Wildman–Crippen LogP) is 3.33. The molecule has 5 nitrogen and oxygen atoms in total. The van der Waals surface area contributed by atoms with E-state index in [2.05, 4.69) is 4.98 Å². The Morgan fingerprint density at radius 1 is 1.03 bits per heavy atom. The van der Waals surface area contributed by atoms with Crippen LogP contribution in [0.3, 0.4) is 0 Å². The Kier molecular flexibility index (Phi) is 4.49. The minimum atomic E-state index is -5.09. The van der Waals surface area contributed by atoms with Gasteiger partial charge in [-0.3, -0.25) is 0 Å². The molecule has 0 radical (unpaired) electrons. The highest BCUT2D eigenvalue weighted by atomic mass is 19.4. The third-order valence-electron chi connectivity index (χ3n) is 5.07. The molecule has 0 bridgehead atoms. The van der Waals surface area contributed by atoms with Crippen molar-refractivity contribution in [3.63, 3.8) is 0 Å². The van der Waals surface area contributed by atoms with Crippen molar-refractivity contribution in [2.45, 2.75) is 17.7 Å². The molecule has 0 fully saturated rings. The topological polar surface area (TPSA) is 86.7 Å². The fourth-order valence-corrected chi connectivity index (χ4v) is 3.66. The number of alkyl halides is 3. The smallest absolute Gasteiger partial charge is 0.425 e. The van der Waals surface area contributed by atoms with Crippen LogP contribution < -0.4 is 0 Å². The van der Waals surface area contributed by atoms with Crippen molar-refractivity contribution < 1.29 is 37.3 Å². The van der Waals surface area contributed by atoms with Gasteiger partial charge in [0.25, 0.3) is 0 Å². The van der Waals surface area contributed by atoms with Gasteiger partial charge in [-0.2, -0.15) is 13.2 Å². The van der Waals surface area contributed by atoms with Crippen molar-refractivity contribution in [3.8, 4) is 22.5 Å². The summed E-state index contributed by atoms with van der Waals surface area (Å²) in [5.41, 5.74) is -4.37. The normalized spacial score (nSPS) is 18.2. The van der Waals surface area contributed by atoms with E-state index in [1.54, 1.807) is 0 Å². The number of aliphatic hydroxyl groups excluding tert-OH is 2. The number of oxazole rings is 1. The largest absolute Gasteiger partial charge is 0.440 e. The molecule has 152 valence electrons. The summed E-state index contributed by atoms with van der Waals surface area (Å²) in [5, 5.41) is 29.2. The Morgan fingerprint density at radius 3 is 2.38 bits per heavy atom. The molecule has 3 aromatic rings. The van der Waals surface area contributed by atoms with Gasteiger partial charge in [0.2, 0.25) is 11.5 Å². The monoisotopic (exact) mass is 409 g/mol. The molecule has 1 atom stereocenters. The van der Waals surface area contributed by atoms with E-state index < -0.39 is 47.9 Å². The summed E-state index contributed by atoms with van der Waals surface area (Å²) in [6.45, 7) is -0.928. The van der Waals surface area contributed by atoms with E-state index in [0.29, 0.717) is 6.07 Å². The molecular weight excluding hydrogens is 394 g/mol. The maximum absolute atomic E-state index is 14.3. The van der Waals surface area contributed by atoms with E-state index in [1.165, 1.54) is 24.4 Å². The van der Waals surface area contributed by atoms with Crippen molar-refractivity contribution in [1.29, 1.82) is 0 Å². The summed E-state index contributed by atoms with van der Waals surface area (Å²) >= 11 is 0. The fourth-order valence-electron chi connectivity index (χ4n) is 3.66. The maximum Gasteiger partial charge on any atom is 0.425 e. The Morgan fingerprint density at radius 2 is 1.72 bits per heavy atom. The SMILES string of the molecule is OCC(CO)c1ncc(-c2cc(F)cc3c2-c2ccccc2C3(O)C(F)(F)F)o1. The molecule has 3 N–H and O–H groups in total. The number of nitrogens with zero attached hydrogens (tertiary/aromatic N) is 1. The third-order valence-corrected chi connectivity index (χ3v) is 5.07. The van der Waals surface area contributed by atoms with Crippen LogP contribution in [-0.2, 0) is 5.60 Å². The minimum Gasteiger partial charge on any atom is -0.440 e. The lowest BCUT2D eigenvalue weighted by Gasteiger charge is -2.28. The molecule has 4 rings (SSSR count). The minimum absolute atomic E-state index is 0.0194. The standard InChI is InChI=1S/C20H15F4NO4/c21-11-5-13(16-7-25-18(29-16)10(8-26)9-27)17-12-3-1-2-4-14(12)19(28,15(17)6-11)20(22,23)24/h1-7,10,26-28H,8-9H2. The molecule has 0 saturated carbocycles. The molecule has 1 aliphatic carbocycles. The Bertz CT molecular complexity index is 1070. The zero-order valence-electron chi connectivity index (χ0n) is 14.7. The Labute approximate surface area is 161 Å².